The topological polar surface area (TPSA) is 60.9 Å². The van der Waals surface area contributed by atoms with Crippen LogP contribution in [0.2, 0.25) is 5.02 Å². The van der Waals surface area contributed by atoms with Crippen molar-refractivity contribution in [2.24, 2.45) is 0 Å². The smallest absolute Gasteiger partial charge is 0.248 e. The maximum atomic E-state index is 13.3. The van der Waals surface area contributed by atoms with Crippen LogP contribution in [0.25, 0.3) is 5.57 Å². The first kappa shape index (κ1) is 19.5. The lowest BCUT2D eigenvalue weighted by atomic mass is 9.84. The predicted molar refractivity (Wildman–Crippen MR) is 107 cm³/mol. The van der Waals surface area contributed by atoms with E-state index in [1.165, 1.54) is 12.2 Å². The van der Waals surface area contributed by atoms with Crippen molar-refractivity contribution in [2.75, 3.05) is 26.2 Å². The third-order valence-corrected chi connectivity index (χ3v) is 5.63. The van der Waals surface area contributed by atoms with Crippen LogP contribution in [0, 0.1) is 0 Å². The third-order valence-electron chi connectivity index (χ3n) is 4.86. The fourth-order valence-corrected chi connectivity index (χ4v) is 3.82. The molecule has 0 spiro atoms. The van der Waals surface area contributed by atoms with Gasteiger partial charge in [-0.15, -0.1) is 11.6 Å². The Morgan fingerprint density at radius 1 is 1.11 bits per heavy atom. The number of aliphatic hydroxyl groups is 1. The molecule has 0 saturated carbocycles. The molecule has 7 heteroatoms. The molecule has 1 fully saturated rings. The molecule has 1 aromatic carbocycles. The van der Waals surface area contributed by atoms with E-state index in [1.807, 2.05) is 0 Å². The molecule has 1 saturated heterocycles. The Labute approximate surface area is 168 Å². The van der Waals surface area contributed by atoms with Gasteiger partial charge in [-0.2, -0.15) is 0 Å². The molecule has 27 heavy (non-hydrogen) atoms. The lowest BCUT2D eigenvalue weighted by Crippen LogP contribution is -2.55. The quantitative estimate of drug-likeness (QED) is 0.617. The van der Waals surface area contributed by atoms with E-state index in [0.29, 0.717) is 36.8 Å². The van der Waals surface area contributed by atoms with E-state index in [1.54, 1.807) is 40.1 Å². The van der Waals surface area contributed by atoms with Gasteiger partial charge in [0.15, 0.2) is 4.87 Å². The summed E-state index contributed by atoms with van der Waals surface area (Å²) < 4.78 is 0. The lowest BCUT2D eigenvalue weighted by molar-refractivity contribution is -0.138. The molecular weight excluding hydrogens is 387 g/mol. The van der Waals surface area contributed by atoms with Gasteiger partial charge in [-0.25, -0.2) is 0 Å². The van der Waals surface area contributed by atoms with Crippen LogP contribution < -0.4 is 0 Å². The monoisotopic (exact) mass is 406 g/mol. The summed E-state index contributed by atoms with van der Waals surface area (Å²) >= 11 is 12.8. The highest BCUT2D eigenvalue weighted by Crippen LogP contribution is 2.42. The van der Waals surface area contributed by atoms with Gasteiger partial charge in [0.05, 0.1) is 0 Å². The van der Waals surface area contributed by atoms with Gasteiger partial charge in [-0.1, -0.05) is 30.3 Å². The molecule has 1 aliphatic heterocycles. The molecule has 0 aromatic heterocycles. The third kappa shape index (κ3) is 3.89. The second kappa shape index (κ2) is 7.79. The molecule has 3 rings (SSSR count). The highest BCUT2D eigenvalue weighted by atomic mass is 35.5. The number of alkyl halides is 1. The molecule has 1 aromatic rings. The second-order valence-corrected chi connectivity index (χ2v) is 7.60. The molecule has 1 aliphatic carbocycles. The number of amides is 2. The average molecular weight is 407 g/mol. The van der Waals surface area contributed by atoms with Gasteiger partial charge in [0.1, 0.15) is 5.76 Å². The fourth-order valence-electron chi connectivity index (χ4n) is 3.33. The summed E-state index contributed by atoms with van der Waals surface area (Å²) in [6, 6.07) is 6.98. The molecule has 1 heterocycles. The highest BCUT2D eigenvalue weighted by molar-refractivity contribution is 6.42. The number of rotatable bonds is 3. The maximum absolute atomic E-state index is 13.3. The van der Waals surface area contributed by atoms with Gasteiger partial charge >= 0.3 is 0 Å². The SMILES string of the molecule is C=CC(=O)N1CCN(C(=O)C2(Cl)CC=C(O)C=C2c2ccc(Cl)cc2)CC1. The summed E-state index contributed by atoms with van der Waals surface area (Å²) in [5.74, 6) is -0.305. The van der Waals surface area contributed by atoms with Crippen LogP contribution in [0.5, 0.6) is 0 Å². The molecule has 0 bridgehead atoms. The Morgan fingerprint density at radius 2 is 1.70 bits per heavy atom. The number of hydrogen-bond donors (Lipinski definition) is 1. The fraction of sp³-hybridized carbons (Fsp3) is 0.300. The highest BCUT2D eigenvalue weighted by Gasteiger charge is 2.45. The molecule has 0 radical (unpaired) electrons. The first-order valence-electron chi connectivity index (χ1n) is 8.62. The molecule has 2 amide bonds. The lowest BCUT2D eigenvalue weighted by Gasteiger charge is -2.40. The summed E-state index contributed by atoms with van der Waals surface area (Å²) in [5, 5.41) is 10.5. The Kier molecular flexibility index (Phi) is 5.63. The molecular formula is C20H20Cl2N2O3. The number of carbonyl (C=O) groups excluding carboxylic acids is 2. The van der Waals surface area contributed by atoms with Gasteiger partial charge in [-0.05, 0) is 41.5 Å². The summed E-state index contributed by atoms with van der Waals surface area (Å²) in [4.78, 5) is 27.0. The number of piperazine rings is 1. The normalized spacial score (nSPS) is 22.7. The second-order valence-electron chi connectivity index (χ2n) is 6.52. The van der Waals surface area contributed by atoms with Crippen molar-refractivity contribution in [1.29, 1.82) is 0 Å². The van der Waals surface area contributed by atoms with E-state index in [9.17, 15) is 14.7 Å². The van der Waals surface area contributed by atoms with E-state index >= 15 is 0 Å². The van der Waals surface area contributed by atoms with Crippen LogP contribution in [-0.4, -0.2) is 57.8 Å². The Balaban J connectivity index is 1.84. The van der Waals surface area contributed by atoms with Crippen LogP contribution in [0.1, 0.15) is 12.0 Å². The Hall–Kier alpha value is -2.24. The molecule has 1 unspecified atom stereocenters. The maximum Gasteiger partial charge on any atom is 0.248 e. The van der Waals surface area contributed by atoms with Crippen molar-refractivity contribution < 1.29 is 14.7 Å². The van der Waals surface area contributed by atoms with E-state index in [-0.39, 0.29) is 24.0 Å². The van der Waals surface area contributed by atoms with Gasteiger partial charge in [-0.3, -0.25) is 9.59 Å². The standard InChI is InChI=1S/C20H20Cl2N2O3/c1-2-18(26)23-9-11-24(12-10-23)19(27)20(22)8-7-16(25)13-17(20)14-3-5-15(21)6-4-14/h2-7,13,25H,1,8-12H2. The first-order chi connectivity index (χ1) is 12.8. The van der Waals surface area contributed by atoms with Gasteiger partial charge in [0.2, 0.25) is 11.8 Å². The number of allylic oxidation sites excluding steroid dienone is 2. The van der Waals surface area contributed by atoms with Gasteiger partial charge in [0.25, 0.3) is 0 Å². The molecule has 1 atom stereocenters. The van der Waals surface area contributed by atoms with E-state index in [2.05, 4.69) is 6.58 Å². The summed E-state index contributed by atoms with van der Waals surface area (Å²) in [6.07, 6.45) is 4.52. The average Bonchev–Trinajstić information content (AvgIpc) is 2.69. The van der Waals surface area contributed by atoms with Crippen LogP contribution >= 0.6 is 23.2 Å². The van der Waals surface area contributed by atoms with Crippen molar-refractivity contribution >= 4 is 40.6 Å². The minimum absolute atomic E-state index is 0.0745. The van der Waals surface area contributed by atoms with E-state index in [0.717, 1.165) is 5.56 Å². The first-order valence-corrected chi connectivity index (χ1v) is 9.37. The number of nitrogens with zero attached hydrogens (tertiary/aromatic N) is 2. The van der Waals surface area contributed by atoms with Crippen molar-refractivity contribution in [1.82, 2.24) is 9.80 Å². The van der Waals surface area contributed by atoms with E-state index in [4.69, 9.17) is 23.2 Å². The number of carbonyl (C=O) groups is 2. The zero-order chi connectivity index (χ0) is 19.6. The summed E-state index contributed by atoms with van der Waals surface area (Å²) in [7, 11) is 0. The molecule has 1 N–H and O–H groups in total. The molecule has 5 nitrogen and oxygen atoms in total. The van der Waals surface area contributed by atoms with Crippen molar-refractivity contribution in [3.8, 4) is 0 Å². The van der Waals surface area contributed by atoms with Crippen LogP contribution in [0.15, 0.2) is 54.8 Å². The van der Waals surface area contributed by atoms with Crippen molar-refractivity contribution in [2.45, 2.75) is 11.3 Å². The number of halogens is 2. The Morgan fingerprint density at radius 3 is 2.30 bits per heavy atom. The largest absolute Gasteiger partial charge is 0.508 e. The van der Waals surface area contributed by atoms with Gasteiger partial charge in [0, 0.05) is 37.6 Å². The van der Waals surface area contributed by atoms with Crippen molar-refractivity contribution in [3.05, 3.63) is 65.4 Å². The van der Waals surface area contributed by atoms with E-state index < -0.39 is 4.87 Å². The zero-order valence-electron chi connectivity index (χ0n) is 14.7. The van der Waals surface area contributed by atoms with Crippen LogP contribution in [0.3, 0.4) is 0 Å². The van der Waals surface area contributed by atoms with Crippen LogP contribution in [-0.2, 0) is 9.59 Å². The molecule has 142 valence electrons. The van der Waals surface area contributed by atoms with Gasteiger partial charge < -0.3 is 14.9 Å². The number of aliphatic hydroxyl groups excluding tert-OH is 1. The predicted octanol–water partition coefficient (Wildman–Crippen LogP) is 3.40. The summed E-state index contributed by atoms with van der Waals surface area (Å²) in [6.45, 7) is 5.16. The number of benzene rings is 1. The zero-order valence-corrected chi connectivity index (χ0v) is 16.2. The number of hydrogen-bond acceptors (Lipinski definition) is 3. The summed E-state index contributed by atoms with van der Waals surface area (Å²) in [5.41, 5.74) is 1.26. The van der Waals surface area contributed by atoms with Crippen LogP contribution in [0.4, 0.5) is 0 Å². The van der Waals surface area contributed by atoms with Crippen molar-refractivity contribution in [3.63, 3.8) is 0 Å². The Bertz CT molecular complexity index is 824. The minimum Gasteiger partial charge on any atom is -0.508 e. The minimum atomic E-state index is -1.31. The molecule has 2 aliphatic rings.